The van der Waals surface area contributed by atoms with E-state index in [-0.39, 0.29) is 6.04 Å². The molecular formula is C16H23F3N4O. The number of hydrogen-bond donors (Lipinski definition) is 2. The predicted molar refractivity (Wildman–Crippen MR) is 87.0 cm³/mol. The number of benzene rings is 1. The number of piperazine rings is 1. The molecule has 1 aromatic rings. The number of anilines is 1. The highest BCUT2D eigenvalue weighted by atomic mass is 19.4. The summed E-state index contributed by atoms with van der Waals surface area (Å²) in [6, 6.07) is 3.91. The molecule has 0 spiro atoms. The van der Waals surface area contributed by atoms with Crippen LogP contribution in [-0.4, -0.2) is 61.6 Å². The lowest BCUT2D eigenvalue weighted by Crippen LogP contribution is -2.50. The number of alkyl halides is 3. The number of carbonyl (C=O) groups is 1. The minimum absolute atomic E-state index is 0.0529. The second kappa shape index (κ2) is 7.85. The molecule has 1 atom stereocenters. The van der Waals surface area contributed by atoms with Gasteiger partial charge in [-0.15, -0.1) is 0 Å². The van der Waals surface area contributed by atoms with Crippen molar-refractivity contribution in [2.75, 3.05) is 45.1 Å². The number of rotatable bonds is 4. The van der Waals surface area contributed by atoms with Gasteiger partial charge in [-0.1, -0.05) is 0 Å². The number of nitrogens with one attached hydrogen (secondary N) is 2. The Morgan fingerprint density at radius 1 is 1.17 bits per heavy atom. The molecule has 2 N–H and O–H groups in total. The Morgan fingerprint density at radius 2 is 1.75 bits per heavy atom. The normalized spacial score (nSPS) is 18.2. The first-order valence-electron chi connectivity index (χ1n) is 7.90. The molecule has 134 valence electrons. The van der Waals surface area contributed by atoms with Crippen molar-refractivity contribution >= 4 is 11.7 Å². The van der Waals surface area contributed by atoms with E-state index in [0.29, 0.717) is 5.69 Å². The molecule has 1 heterocycles. The molecule has 1 aliphatic rings. The molecule has 0 saturated carbocycles. The first kappa shape index (κ1) is 18.5. The van der Waals surface area contributed by atoms with Gasteiger partial charge in [0.15, 0.2) is 0 Å². The molecule has 1 aliphatic heterocycles. The second-order valence-corrected chi connectivity index (χ2v) is 6.18. The lowest BCUT2D eigenvalue weighted by atomic mass is 10.2. The van der Waals surface area contributed by atoms with Gasteiger partial charge in [-0.2, -0.15) is 13.2 Å². The molecular weight excluding hydrogens is 321 g/mol. The van der Waals surface area contributed by atoms with Crippen LogP contribution in [0.2, 0.25) is 0 Å². The van der Waals surface area contributed by atoms with E-state index in [4.69, 9.17) is 0 Å². The van der Waals surface area contributed by atoms with Crippen molar-refractivity contribution in [3.63, 3.8) is 0 Å². The summed E-state index contributed by atoms with van der Waals surface area (Å²) >= 11 is 0. The summed E-state index contributed by atoms with van der Waals surface area (Å²) in [6.07, 6.45) is -4.38. The lowest BCUT2D eigenvalue weighted by Gasteiger charge is -2.34. The highest BCUT2D eigenvalue weighted by Gasteiger charge is 2.30. The van der Waals surface area contributed by atoms with Gasteiger partial charge in [-0.3, -0.25) is 4.90 Å². The Labute approximate surface area is 139 Å². The summed E-state index contributed by atoms with van der Waals surface area (Å²) in [7, 11) is 2.08. The highest BCUT2D eigenvalue weighted by molar-refractivity contribution is 5.89. The molecule has 1 saturated heterocycles. The van der Waals surface area contributed by atoms with Gasteiger partial charge in [-0.25, -0.2) is 4.79 Å². The fraction of sp³-hybridized carbons (Fsp3) is 0.562. The van der Waals surface area contributed by atoms with Crippen molar-refractivity contribution in [2.45, 2.75) is 19.1 Å². The highest BCUT2D eigenvalue weighted by Crippen LogP contribution is 2.29. The molecule has 2 amide bonds. The van der Waals surface area contributed by atoms with Gasteiger partial charge in [0.05, 0.1) is 5.56 Å². The van der Waals surface area contributed by atoms with Crippen LogP contribution in [0.1, 0.15) is 12.5 Å². The third-order valence-corrected chi connectivity index (χ3v) is 3.98. The van der Waals surface area contributed by atoms with E-state index in [1.54, 1.807) is 0 Å². The van der Waals surface area contributed by atoms with Crippen molar-refractivity contribution < 1.29 is 18.0 Å². The average molecular weight is 344 g/mol. The number of nitrogens with zero attached hydrogens (tertiary/aromatic N) is 2. The summed E-state index contributed by atoms with van der Waals surface area (Å²) in [4.78, 5) is 16.5. The topological polar surface area (TPSA) is 47.6 Å². The number of urea groups is 1. The van der Waals surface area contributed by atoms with Crippen LogP contribution in [0, 0.1) is 0 Å². The van der Waals surface area contributed by atoms with Crippen LogP contribution in [-0.2, 0) is 6.18 Å². The number of likely N-dealkylation sites (N-methyl/N-ethyl adjacent to an activating group) is 1. The van der Waals surface area contributed by atoms with E-state index in [9.17, 15) is 18.0 Å². The van der Waals surface area contributed by atoms with E-state index in [1.165, 1.54) is 12.1 Å². The van der Waals surface area contributed by atoms with E-state index in [2.05, 4.69) is 27.5 Å². The van der Waals surface area contributed by atoms with Crippen LogP contribution >= 0.6 is 0 Å². The van der Waals surface area contributed by atoms with Gasteiger partial charge < -0.3 is 15.5 Å². The van der Waals surface area contributed by atoms with Crippen LogP contribution in [0.5, 0.6) is 0 Å². The summed E-state index contributed by atoms with van der Waals surface area (Å²) in [5.41, 5.74) is -0.413. The van der Waals surface area contributed by atoms with Gasteiger partial charge in [0.25, 0.3) is 0 Å². The number of halogens is 3. The number of hydrogen-bond acceptors (Lipinski definition) is 3. The van der Waals surface area contributed by atoms with Crippen molar-refractivity contribution in [3.8, 4) is 0 Å². The third-order valence-electron chi connectivity index (χ3n) is 3.98. The maximum absolute atomic E-state index is 12.5. The molecule has 8 heteroatoms. The minimum Gasteiger partial charge on any atom is -0.334 e. The van der Waals surface area contributed by atoms with E-state index in [0.717, 1.165) is 44.9 Å². The summed E-state index contributed by atoms with van der Waals surface area (Å²) in [5, 5.41) is 5.36. The van der Waals surface area contributed by atoms with Gasteiger partial charge in [0.1, 0.15) is 0 Å². The summed E-state index contributed by atoms with van der Waals surface area (Å²) in [5.74, 6) is 0. The number of amides is 2. The van der Waals surface area contributed by atoms with Crippen molar-refractivity contribution in [2.24, 2.45) is 0 Å². The van der Waals surface area contributed by atoms with E-state index >= 15 is 0 Å². The van der Waals surface area contributed by atoms with Crippen LogP contribution < -0.4 is 10.6 Å². The largest absolute Gasteiger partial charge is 0.416 e. The Morgan fingerprint density at radius 3 is 2.29 bits per heavy atom. The van der Waals surface area contributed by atoms with Crippen molar-refractivity contribution in [3.05, 3.63) is 29.8 Å². The van der Waals surface area contributed by atoms with Crippen LogP contribution in [0.4, 0.5) is 23.7 Å². The first-order valence-corrected chi connectivity index (χ1v) is 7.90. The maximum Gasteiger partial charge on any atom is 0.416 e. The first-order chi connectivity index (χ1) is 11.2. The smallest absolute Gasteiger partial charge is 0.334 e. The standard InChI is InChI=1S/C16H23F3N4O/c1-12(11-23-9-7-22(2)8-10-23)20-15(24)21-14-5-3-13(4-6-14)16(17,18)19/h3-6,12H,7-11H2,1-2H3,(H2,20,21,24)/t12-/m0/s1. The van der Waals surface area contributed by atoms with Crippen LogP contribution in [0.15, 0.2) is 24.3 Å². The Kier molecular flexibility index (Phi) is 6.06. The summed E-state index contributed by atoms with van der Waals surface area (Å²) in [6.45, 7) is 6.58. The zero-order valence-electron chi connectivity index (χ0n) is 13.9. The molecule has 0 aromatic heterocycles. The average Bonchev–Trinajstić information content (AvgIpc) is 2.49. The van der Waals surface area contributed by atoms with Gasteiger partial charge in [-0.05, 0) is 38.2 Å². The Balaban J connectivity index is 1.78. The maximum atomic E-state index is 12.5. The quantitative estimate of drug-likeness (QED) is 0.882. The van der Waals surface area contributed by atoms with Crippen molar-refractivity contribution in [1.29, 1.82) is 0 Å². The molecule has 5 nitrogen and oxygen atoms in total. The lowest BCUT2D eigenvalue weighted by molar-refractivity contribution is -0.137. The summed E-state index contributed by atoms with van der Waals surface area (Å²) < 4.78 is 37.5. The van der Waals surface area contributed by atoms with Crippen LogP contribution in [0.3, 0.4) is 0 Å². The monoisotopic (exact) mass is 344 g/mol. The minimum atomic E-state index is -4.38. The SMILES string of the molecule is C[C@@H](CN1CCN(C)CC1)NC(=O)Nc1ccc(C(F)(F)F)cc1. The fourth-order valence-corrected chi connectivity index (χ4v) is 2.60. The van der Waals surface area contributed by atoms with Gasteiger partial charge in [0.2, 0.25) is 0 Å². The van der Waals surface area contributed by atoms with E-state index < -0.39 is 17.8 Å². The van der Waals surface area contributed by atoms with Crippen molar-refractivity contribution in [1.82, 2.24) is 15.1 Å². The molecule has 24 heavy (non-hydrogen) atoms. The second-order valence-electron chi connectivity index (χ2n) is 6.18. The Bertz CT molecular complexity index is 539. The molecule has 2 rings (SSSR count). The molecule has 1 aromatic carbocycles. The number of carbonyl (C=O) groups excluding carboxylic acids is 1. The zero-order chi connectivity index (χ0) is 17.7. The van der Waals surface area contributed by atoms with Crippen LogP contribution in [0.25, 0.3) is 0 Å². The molecule has 0 bridgehead atoms. The Hall–Kier alpha value is -1.80. The molecule has 0 aliphatic carbocycles. The van der Waals surface area contributed by atoms with E-state index in [1.807, 2.05) is 6.92 Å². The fourth-order valence-electron chi connectivity index (χ4n) is 2.60. The third kappa shape index (κ3) is 5.68. The van der Waals surface area contributed by atoms with Gasteiger partial charge >= 0.3 is 12.2 Å². The molecule has 0 unspecified atom stereocenters. The predicted octanol–water partition coefficient (Wildman–Crippen LogP) is 2.46. The van der Waals surface area contributed by atoms with Gasteiger partial charge in [0, 0.05) is 44.5 Å². The molecule has 0 radical (unpaired) electrons. The zero-order valence-corrected chi connectivity index (χ0v) is 13.9. The molecule has 1 fully saturated rings.